The van der Waals surface area contributed by atoms with E-state index >= 15 is 4.39 Å². The third-order valence-corrected chi connectivity index (χ3v) is 7.53. The van der Waals surface area contributed by atoms with Crippen molar-refractivity contribution >= 4 is 52.4 Å². The summed E-state index contributed by atoms with van der Waals surface area (Å²) in [4.78, 5) is 40.1. The van der Waals surface area contributed by atoms with Gasteiger partial charge >= 0.3 is 5.97 Å². The van der Waals surface area contributed by atoms with Crippen molar-refractivity contribution in [2.45, 2.75) is 38.8 Å². The molecule has 43 heavy (non-hydrogen) atoms. The van der Waals surface area contributed by atoms with Crippen LogP contribution in [0.3, 0.4) is 0 Å². The molecule has 4 rings (SSSR count). The van der Waals surface area contributed by atoms with E-state index in [1.807, 2.05) is 19.9 Å². The normalized spacial score (nSPS) is 19.3. The van der Waals surface area contributed by atoms with E-state index in [1.54, 1.807) is 37.3 Å². The molecule has 1 fully saturated rings. The van der Waals surface area contributed by atoms with Crippen LogP contribution in [0.15, 0.2) is 72.3 Å². The monoisotopic (exact) mass is 627 g/mol. The molecule has 11 heteroatoms. The number of carbonyl (C=O) groups excluding carboxylic acids is 3. The molecule has 2 amide bonds. The molecule has 0 aliphatic carbocycles. The van der Waals surface area contributed by atoms with Gasteiger partial charge in [-0.3, -0.25) is 14.9 Å². The summed E-state index contributed by atoms with van der Waals surface area (Å²) >= 11 is 12.3. The zero-order valence-electron chi connectivity index (χ0n) is 24.0. The van der Waals surface area contributed by atoms with Gasteiger partial charge in [0.2, 0.25) is 11.8 Å². The number of amides is 2. The number of halogens is 3. The van der Waals surface area contributed by atoms with Gasteiger partial charge in [-0.25, -0.2) is 9.18 Å². The van der Waals surface area contributed by atoms with Crippen molar-refractivity contribution in [3.63, 3.8) is 0 Å². The number of benzene rings is 3. The lowest BCUT2D eigenvalue weighted by atomic mass is 9.80. The van der Waals surface area contributed by atoms with Gasteiger partial charge < -0.3 is 20.1 Å². The van der Waals surface area contributed by atoms with Crippen LogP contribution in [0.4, 0.5) is 15.8 Å². The summed E-state index contributed by atoms with van der Waals surface area (Å²) in [7, 11) is 1.40. The molecule has 0 saturated carbocycles. The van der Waals surface area contributed by atoms with Gasteiger partial charge in [-0.05, 0) is 68.8 Å². The summed E-state index contributed by atoms with van der Waals surface area (Å²) in [5.74, 6) is -3.91. The van der Waals surface area contributed by atoms with Crippen LogP contribution in [0, 0.1) is 11.7 Å². The van der Waals surface area contributed by atoms with E-state index < -0.39 is 47.5 Å². The summed E-state index contributed by atoms with van der Waals surface area (Å²) in [6, 6.07) is 13.9. The molecule has 0 bridgehead atoms. The van der Waals surface area contributed by atoms with E-state index in [4.69, 9.17) is 32.7 Å². The number of methoxy groups -OCH3 is 1. The van der Waals surface area contributed by atoms with E-state index in [2.05, 4.69) is 16.0 Å². The van der Waals surface area contributed by atoms with Gasteiger partial charge in [0, 0.05) is 22.7 Å². The first-order valence-corrected chi connectivity index (χ1v) is 14.4. The van der Waals surface area contributed by atoms with Crippen LogP contribution in [0.5, 0.6) is 5.75 Å². The molecule has 0 spiro atoms. The third-order valence-electron chi connectivity index (χ3n) is 7.01. The van der Waals surface area contributed by atoms with Crippen molar-refractivity contribution in [1.82, 2.24) is 5.32 Å². The highest BCUT2D eigenvalue weighted by Crippen LogP contribution is 2.41. The van der Waals surface area contributed by atoms with E-state index in [-0.39, 0.29) is 34.2 Å². The second-order valence-electron chi connectivity index (χ2n) is 10.2. The number of rotatable bonds is 9. The van der Waals surface area contributed by atoms with Crippen molar-refractivity contribution in [2.24, 2.45) is 5.92 Å². The minimum absolute atomic E-state index is 0.112. The third kappa shape index (κ3) is 7.36. The molecular formula is C32H32Cl2FN3O5. The Balaban J connectivity index is 1.75. The standard InChI is InChI=1S/C32H32Cl2FN3O5/c1-5-43-32(41)18-12-13-23(25(15-18)42-4)38-31(40)29-26(21-10-7-11-22(34)28(21)35)27(24(37-29)14-17(2)3)30(39)36-20-9-6-8-19(33)16-20/h6-16,24,26-27,29,37H,5H2,1-4H3,(H,36,39)(H,38,40)/t24?,26?,27?,29-/m1/s1. The number of carbonyl (C=O) groups is 3. The Hall–Kier alpha value is -3.92. The second-order valence-corrected chi connectivity index (χ2v) is 11.1. The number of allylic oxidation sites excluding steroid dienone is 1. The van der Waals surface area contributed by atoms with Gasteiger partial charge in [-0.15, -0.1) is 0 Å². The Morgan fingerprint density at radius 3 is 2.42 bits per heavy atom. The Morgan fingerprint density at radius 1 is 1.00 bits per heavy atom. The number of esters is 1. The molecule has 8 nitrogen and oxygen atoms in total. The highest BCUT2D eigenvalue weighted by atomic mass is 35.5. The molecule has 3 unspecified atom stereocenters. The van der Waals surface area contributed by atoms with Gasteiger partial charge in [0.25, 0.3) is 0 Å². The largest absolute Gasteiger partial charge is 0.495 e. The molecule has 3 N–H and O–H groups in total. The molecule has 1 heterocycles. The van der Waals surface area contributed by atoms with Gasteiger partial charge in [-0.2, -0.15) is 0 Å². The first-order chi connectivity index (χ1) is 20.5. The maximum Gasteiger partial charge on any atom is 0.338 e. The SMILES string of the molecule is CCOC(=O)c1ccc(NC(=O)[C@@H]2NC(C=C(C)C)C(C(=O)Nc3cccc(Cl)c3)C2c2cccc(Cl)c2F)c(OC)c1. The molecular weight excluding hydrogens is 596 g/mol. The first-order valence-electron chi connectivity index (χ1n) is 13.6. The summed E-state index contributed by atoms with van der Waals surface area (Å²) in [6.07, 6.45) is 1.83. The minimum Gasteiger partial charge on any atom is -0.495 e. The van der Waals surface area contributed by atoms with E-state index in [9.17, 15) is 14.4 Å². The van der Waals surface area contributed by atoms with Crippen molar-refractivity contribution < 1.29 is 28.2 Å². The first kappa shape index (κ1) is 32.0. The number of ether oxygens (including phenoxy) is 2. The second kappa shape index (κ2) is 14.0. The molecule has 4 atom stereocenters. The van der Waals surface area contributed by atoms with E-state index in [0.29, 0.717) is 10.7 Å². The molecule has 1 aliphatic heterocycles. The van der Waals surface area contributed by atoms with Crippen LogP contribution in [0.25, 0.3) is 0 Å². The van der Waals surface area contributed by atoms with E-state index in [1.165, 1.54) is 37.4 Å². The smallest absolute Gasteiger partial charge is 0.338 e. The molecule has 1 aliphatic rings. The minimum atomic E-state index is -1.07. The van der Waals surface area contributed by atoms with Gasteiger partial charge in [0.15, 0.2) is 0 Å². The van der Waals surface area contributed by atoms with Crippen molar-refractivity contribution in [3.05, 3.63) is 99.3 Å². The van der Waals surface area contributed by atoms with Crippen molar-refractivity contribution in [3.8, 4) is 5.75 Å². The zero-order chi connectivity index (χ0) is 31.3. The Morgan fingerprint density at radius 2 is 1.74 bits per heavy atom. The molecule has 226 valence electrons. The Bertz CT molecular complexity index is 1560. The summed E-state index contributed by atoms with van der Waals surface area (Å²) in [6.45, 7) is 5.63. The predicted octanol–water partition coefficient (Wildman–Crippen LogP) is 6.60. The molecule has 1 saturated heterocycles. The number of hydrogen-bond donors (Lipinski definition) is 3. The molecule has 3 aromatic rings. The van der Waals surface area contributed by atoms with Crippen LogP contribution in [-0.2, 0) is 14.3 Å². The highest BCUT2D eigenvalue weighted by molar-refractivity contribution is 6.31. The van der Waals surface area contributed by atoms with Crippen LogP contribution in [0.2, 0.25) is 10.0 Å². The average molecular weight is 629 g/mol. The average Bonchev–Trinajstić information content (AvgIpc) is 3.33. The van der Waals surface area contributed by atoms with Crippen LogP contribution >= 0.6 is 23.2 Å². The van der Waals surface area contributed by atoms with Gasteiger partial charge in [0.05, 0.1) is 41.9 Å². The van der Waals surface area contributed by atoms with Crippen LogP contribution in [-0.4, -0.2) is 43.6 Å². The Labute approximate surface area is 259 Å². The zero-order valence-corrected chi connectivity index (χ0v) is 25.6. The number of nitrogens with one attached hydrogen (secondary N) is 3. The summed E-state index contributed by atoms with van der Waals surface area (Å²) < 4.78 is 26.1. The molecule has 0 aromatic heterocycles. The summed E-state index contributed by atoms with van der Waals surface area (Å²) in [5.41, 5.74) is 1.98. The number of anilines is 2. The van der Waals surface area contributed by atoms with Crippen molar-refractivity contribution in [1.29, 1.82) is 0 Å². The van der Waals surface area contributed by atoms with Crippen LogP contribution < -0.4 is 20.7 Å². The fraction of sp³-hybridized carbons (Fsp3) is 0.281. The molecule has 3 aromatic carbocycles. The number of hydrogen-bond acceptors (Lipinski definition) is 6. The lowest BCUT2D eigenvalue weighted by Gasteiger charge is -2.25. The van der Waals surface area contributed by atoms with Gasteiger partial charge in [-0.1, -0.05) is 53.1 Å². The topological polar surface area (TPSA) is 106 Å². The lowest BCUT2D eigenvalue weighted by Crippen LogP contribution is -2.41. The fourth-order valence-electron chi connectivity index (χ4n) is 5.21. The lowest BCUT2D eigenvalue weighted by molar-refractivity contribution is -0.120. The highest BCUT2D eigenvalue weighted by Gasteiger charge is 2.50. The van der Waals surface area contributed by atoms with E-state index in [0.717, 1.165) is 5.57 Å². The van der Waals surface area contributed by atoms with Crippen LogP contribution in [0.1, 0.15) is 42.6 Å². The summed E-state index contributed by atoms with van der Waals surface area (Å²) in [5, 5.41) is 9.24. The molecule has 0 radical (unpaired) electrons. The predicted molar refractivity (Wildman–Crippen MR) is 165 cm³/mol. The fourth-order valence-corrected chi connectivity index (χ4v) is 5.58. The van der Waals surface area contributed by atoms with Crippen molar-refractivity contribution in [2.75, 3.05) is 24.4 Å². The van der Waals surface area contributed by atoms with Gasteiger partial charge in [0.1, 0.15) is 11.6 Å². The quantitative estimate of drug-likeness (QED) is 0.182. The Kier molecular flexibility index (Phi) is 10.4. The maximum atomic E-state index is 15.6. The maximum absolute atomic E-state index is 15.6.